The maximum Gasteiger partial charge on any atom is 0.159 e. The number of imidazole rings is 1. The zero-order valence-electron chi connectivity index (χ0n) is 19.9. The molecule has 1 aliphatic rings. The molecule has 182 valence electrons. The number of pyridine rings is 2. The van der Waals surface area contributed by atoms with E-state index in [2.05, 4.69) is 41.7 Å². The number of nitrogens with one attached hydrogen (secondary N) is 3. The minimum absolute atomic E-state index is 0.284. The topological polar surface area (TPSA) is 98.4 Å². The van der Waals surface area contributed by atoms with E-state index in [4.69, 9.17) is 4.98 Å². The second-order valence-electron chi connectivity index (χ2n) is 9.23. The highest BCUT2D eigenvalue weighted by atomic mass is 19.1. The number of nitrogens with zero attached hydrogens (tertiary/aromatic N) is 5. The van der Waals surface area contributed by atoms with Crippen LogP contribution in [0.15, 0.2) is 73.2 Å². The Morgan fingerprint density at radius 1 is 0.892 bits per heavy atom. The Morgan fingerprint density at radius 2 is 1.73 bits per heavy atom. The van der Waals surface area contributed by atoms with Crippen LogP contribution in [0.3, 0.4) is 0 Å². The Balaban J connectivity index is 1.29. The van der Waals surface area contributed by atoms with Gasteiger partial charge in [0, 0.05) is 47.7 Å². The van der Waals surface area contributed by atoms with Crippen LogP contribution in [0.5, 0.6) is 0 Å². The van der Waals surface area contributed by atoms with E-state index in [1.807, 2.05) is 48.9 Å². The Morgan fingerprint density at radius 3 is 2.62 bits per heavy atom. The van der Waals surface area contributed by atoms with Gasteiger partial charge in [-0.05, 0) is 37.1 Å². The van der Waals surface area contributed by atoms with Gasteiger partial charge in [0.05, 0.1) is 28.3 Å². The normalized spacial score (nSPS) is 14.1. The lowest BCUT2D eigenvalue weighted by atomic mass is 10.0. The summed E-state index contributed by atoms with van der Waals surface area (Å²) in [6, 6.07) is 16.6. The lowest BCUT2D eigenvalue weighted by Gasteiger charge is -2.17. The number of aromatic amines is 2. The van der Waals surface area contributed by atoms with Crippen LogP contribution in [0.2, 0.25) is 0 Å². The first-order valence-corrected chi connectivity index (χ1v) is 12.3. The van der Waals surface area contributed by atoms with Gasteiger partial charge >= 0.3 is 0 Å². The fourth-order valence-corrected chi connectivity index (χ4v) is 4.95. The molecule has 0 saturated carbocycles. The third-order valence-corrected chi connectivity index (χ3v) is 6.78. The van der Waals surface area contributed by atoms with Gasteiger partial charge < -0.3 is 10.4 Å². The number of para-hydroxylation sites is 1. The quantitative estimate of drug-likeness (QED) is 0.283. The molecule has 4 aromatic heterocycles. The van der Waals surface area contributed by atoms with Crippen molar-refractivity contribution in [2.75, 3.05) is 18.5 Å². The van der Waals surface area contributed by atoms with Gasteiger partial charge in [-0.15, -0.1) is 0 Å². The number of benzene rings is 2. The Hall–Kier alpha value is -4.63. The molecule has 0 radical (unpaired) electrons. The van der Waals surface area contributed by atoms with E-state index in [0.717, 1.165) is 46.4 Å². The highest BCUT2D eigenvalue weighted by Gasteiger charge is 2.18. The number of halogens is 1. The fraction of sp³-hybridized carbons (Fsp3) is 0.143. The molecule has 1 saturated heterocycles. The van der Waals surface area contributed by atoms with E-state index in [1.165, 1.54) is 18.9 Å². The maximum atomic E-state index is 14.6. The Kier molecular flexibility index (Phi) is 5.14. The van der Waals surface area contributed by atoms with Crippen molar-refractivity contribution in [3.8, 4) is 33.8 Å². The third-order valence-electron chi connectivity index (χ3n) is 6.78. The molecule has 1 fully saturated rings. The maximum absolute atomic E-state index is 14.6. The Bertz CT molecular complexity index is 1750. The van der Waals surface area contributed by atoms with Crippen molar-refractivity contribution in [1.29, 1.82) is 0 Å². The molecule has 5 heterocycles. The van der Waals surface area contributed by atoms with Crippen LogP contribution in [0.1, 0.15) is 12.8 Å². The number of rotatable bonds is 5. The molecule has 0 aliphatic carbocycles. The van der Waals surface area contributed by atoms with Crippen molar-refractivity contribution in [2.24, 2.45) is 0 Å². The van der Waals surface area contributed by atoms with Gasteiger partial charge in [-0.3, -0.25) is 10.1 Å². The first-order chi connectivity index (χ1) is 18.2. The summed E-state index contributed by atoms with van der Waals surface area (Å²) in [6.07, 6.45) is 7.88. The zero-order chi connectivity index (χ0) is 24.8. The Labute approximate surface area is 211 Å². The number of aromatic nitrogens is 6. The molecule has 0 bridgehead atoms. The van der Waals surface area contributed by atoms with E-state index in [0.29, 0.717) is 28.2 Å². The molecular formula is C28H23FN8. The molecule has 0 atom stereocenters. The van der Waals surface area contributed by atoms with Crippen molar-refractivity contribution in [1.82, 2.24) is 35.1 Å². The predicted octanol–water partition coefficient (Wildman–Crippen LogP) is 5.79. The minimum atomic E-state index is -0.284. The second kappa shape index (κ2) is 8.79. The van der Waals surface area contributed by atoms with Crippen molar-refractivity contribution >= 4 is 27.8 Å². The van der Waals surface area contributed by atoms with Gasteiger partial charge in [-0.2, -0.15) is 5.10 Å². The molecule has 37 heavy (non-hydrogen) atoms. The predicted molar refractivity (Wildman–Crippen MR) is 142 cm³/mol. The minimum Gasteiger partial charge on any atom is -0.337 e. The summed E-state index contributed by atoms with van der Waals surface area (Å²) in [4.78, 5) is 17.2. The van der Waals surface area contributed by atoms with Crippen LogP contribution in [0.25, 0.3) is 55.8 Å². The number of hydrogen-bond donors (Lipinski definition) is 3. The molecule has 0 amide bonds. The highest BCUT2D eigenvalue weighted by molar-refractivity contribution is 5.97. The van der Waals surface area contributed by atoms with Gasteiger partial charge in [0.25, 0.3) is 0 Å². The van der Waals surface area contributed by atoms with E-state index >= 15 is 0 Å². The number of anilines is 1. The highest BCUT2D eigenvalue weighted by Crippen LogP contribution is 2.33. The number of hydrazine groups is 1. The van der Waals surface area contributed by atoms with Crippen molar-refractivity contribution in [2.45, 2.75) is 12.8 Å². The number of H-pyrrole nitrogens is 2. The van der Waals surface area contributed by atoms with E-state index < -0.39 is 0 Å². The molecule has 2 aromatic carbocycles. The molecular weight excluding hydrogens is 467 g/mol. The van der Waals surface area contributed by atoms with E-state index in [9.17, 15) is 4.39 Å². The third kappa shape index (κ3) is 3.89. The molecule has 8 nitrogen and oxygen atoms in total. The average molecular weight is 491 g/mol. The monoisotopic (exact) mass is 490 g/mol. The second-order valence-corrected chi connectivity index (χ2v) is 9.23. The van der Waals surface area contributed by atoms with Gasteiger partial charge in [0.2, 0.25) is 0 Å². The lowest BCUT2D eigenvalue weighted by molar-refractivity contribution is 0.410. The van der Waals surface area contributed by atoms with Crippen molar-refractivity contribution in [3.05, 3.63) is 79.0 Å². The molecule has 6 aromatic rings. The first kappa shape index (κ1) is 21.6. The molecule has 1 aliphatic heterocycles. The van der Waals surface area contributed by atoms with Crippen molar-refractivity contribution < 1.29 is 4.39 Å². The van der Waals surface area contributed by atoms with E-state index in [-0.39, 0.29) is 5.82 Å². The van der Waals surface area contributed by atoms with Crippen LogP contribution in [0.4, 0.5) is 10.1 Å². The molecule has 9 heteroatoms. The summed E-state index contributed by atoms with van der Waals surface area (Å²) < 4.78 is 14.6. The number of fused-ring (bicyclic) bond motifs is 2. The molecule has 0 spiro atoms. The lowest BCUT2D eigenvalue weighted by Crippen LogP contribution is -2.26. The van der Waals surface area contributed by atoms with Crippen LogP contribution in [-0.4, -0.2) is 48.2 Å². The first-order valence-electron chi connectivity index (χ1n) is 12.3. The smallest absolute Gasteiger partial charge is 0.159 e. The zero-order valence-corrected chi connectivity index (χ0v) is 19.9. The van der Waals surface area contributed by atoms with Crippen LogP contribution >= 0.6 is 0 Å². The van der Waals surface area contributed by atoms with E-state index in [1.54, 1.807) is 12.1 Å². The SMILES string of the molecule is Fc1ccccc1-c1cccc2[nH]c(-c3n[nH]c4ncc(-c5cncc(NN6CCCC6)c5)cc34)nc12. The largest absolute Gasteiger partial charge is 0.337 e. The number of hydrogen-bond acceptors (Lipinski definition) is 6. The van der Waals surface area contributed by atoms with Crippen molar-refractivity contribution in [3.63, 3.8) is 0 Å². The van der Waals surface area contributed by atoms with Crippen LogP contribution < -0.4 is 5.43 Å². The summed E-state index contributed by atoms with van der Waals surface area (Å²) in [6.45, 7) is 2.07. The van der Waals surface area contributed by atoms with Gasteiger partial charge in [-0.25, -0.2) is 19.4 Å². The average Bonchev–Trinajstić information content (AvgIpc) is 3.68. The van der Waals surface area contributed by atoms with Crippen LogP contribution in [-0.2, 0) is 0 Å². The summed E-state index contributed by atoms with van der Waals surface area (Å²) in [5.41, 5.74) is 10.3. The van der Waals surface area contributed by atoms with Gasteiger partial charge in [-0.1, -0.05) is 30.3 Å². The standard InChI is InChI=1S/C28H23FN8/c29-23-8-2-1-6-20(23)21-7-5-9-24-25(21)33-28(32-24)26-22-13-18(15-31-27(22)35-34-26)17-12-19(16-30-14-17)36-37-10-3-4-11-37/h1-2,5-9,12-16,36H,3-4,10-11H2,(H,32,33)(H,31,34,35). The van der Waals surface area contributed by atoms with Crippen LogP contribution in [0, 0.1) is 5.82 Å². The summed E-state index contributed by atoms with van der Waals surface area (Å²) in [5, 5.41) is 10.6. The summed E-state index contributed by atoms with van der Waals surface area (Å²) >= 11 is 0. The summed E-state index contributed by atoms with van der Waals surface area (Å²) in [5.74, 6) is 0.306. The molecule has 3 N–H and O–H groups in total. The fourth-order valence-electron chi connectivity index (χ4n) is 4.95. The van der Waals surface area contributed by atoms with Gasteiger partial charge in [0.15, 0.2) is 11.5 Å². The molecule has 0 unspecified atom stereocenters. The van der Waals surface area contributed by atoms with Gasteiger partial charge in [0.1, 0.15) is 11.5 Å². The summed E-state index contributed by atoms with van der Waals surface area (Å²) in [7, 11) is 0. The molecule has 7 rings (SSSR count).